The van der Waals surface area contributed by atoms with E-state index in [1.807, 2.05) is 4.90 Å². The van der Waals surface area contributed by atoms with Crippen LogP contribution in [0.3, 0.4) is 0 Å². The largest absolute Gasteiger partial charge is 0.378 e. The van der Waals surface area contributed by atoms with Crippen molar-refractivity contribution in [3.8, 4) is 0 Å². The number of hydrogen-bond acceptors (Lipinski definition) is 3. The minimum atomic E-state index is 0.204. The van der Waals surface area contributed by atoms with E-state index in [9.17, 15) is 4.79 Å². The predicted octanol–water partition coefficient (Wildman–Crippen LogP) is -0.0143. The molecule has 2 aliphatic rings. The van der Waals surface area contributed by atoms with Crippen LogP contribution in [0.2, 0.25) is 0 Å². The Morgan fingerprint density at radius 2 is 1.93 bits per heavy atom. The van der Waals surface area contributed by atoms with Crippen LogP contribution < -0.4 is 5.32 Å². The zero-order valence-corrected chi connectivity index (χ0v) is 8.66. The monoisotopic (exact) mass is 198 g/mol. The number of ether oxygens (including phenoxy) is 1. The van der Waals surface area contributed by atoms with E-state index in [1.165, 1.54) is 0 Å². The second-order valence-electron chi connectivity index (χ2n) is 4.18. The molecule has 0 aromatic carbocycles. The Morgan fingerprint density at radius 1 is 1.29 bits per heavy atom. The molecular formula is C10H18N2O2. The van der Waals surface area contributed by atoms with Crippen LogP contribution in [0.4, 0.5) is 0 Å². The van der Waals surface area contributed by atoms with Gasteiger partial charge in [0.25, 0.3) is 0 Å². The number of hydrogen-bond donors (Lipinski definition) is 1. The van der Waals surface area contributed by atoms with Gasteiger partial charge in [0, 0.05) is 26.1 Å². The molecule has 0 atom stereocenters. The third-order valence-corrected chi connectivity index (χ3v) is 3.05. The molecule has 1 amide bonds. The number of carbonyl (C=O) groups excluding carboxylic acids is 1. The van der Waals surface area contributed by atoms with Gasteiger partial charge in [0.1, 0.15) is 0 Å². The van der Waals surface area contributed by atoms with Gasteiger partial charge in [0.15, 0.2) is 0 Å². The van der Waals surface area contributed by atoms with Crippen LogP contribution in [0, 0.1) is 0 Å². The van der Waals surface area contributed by atoms with Crippen LogP contribution in [0.1, 0.15) is 19.8 Å². The summed E-state index contributed by atoms with van der Waals surface area (Å²) in [5.74, 6) is 0.204. The van der Waals surface area contributed by atoms with E-state index in [-0.39, 0.29) is 5.91 Å². The first-order chi connectivity index (χ1) is 6.75. The van der Waals surface area contributed by atoms with Crippen LogP contribution >= 0.6 is 0 Å². The molecule has 0 radical (unpaired) electrons. The molecule has 2 heterocycles. The van der Waals surface area contributed by atoms with Gasteiger partial charge in [-0.05, 0) is 12.8 Å². The van der Waals surface area contributed by atoms with E-state index in [2.05, 4.69) is 5.32 Å². The first kappa shape index (κ1) is 9.93. The highest BCUT2D eigenvalue weighted by Gasteiger charge is 2.25. The number of nitrogens with zero attached hydrogens (tertiary/aromatic N) is 1. The average molecular weight is 198 g/mol. The van der Waals surface area contributed by atoms with Gasteiger partial charge in [-0.15, -0.1) is 0 Å². The summed E-state index contributed by atoms with van der Waals surface area (Å²) in [5, 5.41) is 3.55. The molecule has 0 aromatic rings. The van der Waals surface area contributed by atoms with Crippen molar-refractivity contribution in [2.45, 2.75) is 31.8 Å². The Hall–Kier alpha value is -0.610. The van der Waals surface area contributed by atoms with Crippen molar-refractivity contribution in [2.24, 2.45) is 0 Å². The predicted molar refractivity (Wildman–Crippen MR) is 53.0 cm³/mol. The normalized spacial score (nSPS) is 24.8. The average Bonchev–Trinajstić information content (AvgIpc) is 2.12. The molecule has 0 aliphatic carbocycles. The van der Waals surface area contributed by atoms with Gasteiger partial charge < -0.3 is 15.0 Å². The SMILES string of the molecule is CC(=O)N1CCC(NC2COC2)CC1. The Balaban J connectivity index is 1.69. The molecule has 80 valence electrons. The van der Waals surface area contributed by atoms with Gasteiger partial charge in [-0.2, -0.15) is 0 Å². The standard InChI is InChI=1S/C10H18N2O2/c1-8(13)12-4-2-9(3-5-12)11-10-6-14-7-10/h9-11H,2-7H2,1H3. The van der Waals surface area contributed by atoms with E-state index in [4.69, 9.17) is 4.74 Å². The second-order valence-corrected chi connectivity index (χ2v) is 4.18. The lowest BCUT2D eigenvalue weighted by Crippen LogP contribution is -2.53. The fraction of sp³-hybridized carbons (Fsp3) is 0.900. The van der Waals surface area contributed by atoms with Crippen LogP contribution in [0.25, 0.3) is 0 Å². The molecule has 4 nitrogen and oxygen atoms in total. The topological polar surface area (TPSA) is 41.6 Å². The third kappa shape index (κ3) is 2.25. The molecule has 2 rings (SSSR count). The molecule has 0 unspecified atom stereocenters. The molecule has 2 fully saturated rings. The van der Waals surface area contributed by atoms with Gasteiger partial charge in [-0.1, -0.05) is 0 Å². The lowest BCUT2D eigenvalue weighted by Gasteiger charge is -2.36. The number of amides is 1. The summed E-state index contributed by atoms with van der Waals surface area (Å²) in [5.41, 5.74) is 0. The van der Waals surface area contributed by atoms with Gasteiger partial charge in [-0.3, -0.25) is 4.79 Å². The van der Waals surface area contributed by atoms with Crippen molar-refractivity contribution in [3.63, 3.8) is 0 Å². The lowest BCUT2D eigenvalue weighted by atomic mass is 10.0. The summed E-state index contributed by atoms with van der Waals surface area (Å²) < 4.78 is 5.11. The molecule has 4 heteroatoms. The summed E-state index contributed by atoms with van der Waals surface area (Å²) in [6.07, 6.45) is 2.16. The minimum Gasteiger partial charge on any atom is -0.378 e. The summed E-state index contributed by atoms with van der Waals surface area (Å²) in [4.78, 5) is 13.0. The maximum Gasteiger partial charge on any atom is 0.219 e. The van der Waals surface area contributed by atoms with Gasteiger partial charge >= 0.3 is 0 Å². The van der Waals surface area contributed by atoms with Crippen molar-refractivity contribution in [3.05, 3.63) is 0 Å². The van der Waals surface area contributed by atoms with Crippen molar-refractivity contribution in [1.29, 1.82) is 0 Å². The minimum absolute atomic E-state index is 0.204. The first-order valence-corrected chi connectivity index (χ1v) is 5.35. The summed E-state index contributed by atoms with van der Waals surface area (Å²) in [6.45, 7) is 5.16. The highest BCUT2D eigenvalue weighted by Crippen LogP contribution is 2.12. The quantitative estimate of drug-likeness (QED) is 0.678. The van der Waals surface area contributed by atoms with Crippen LogP contribution in [0.15, 0.2) is 0 Å². The van der Waals surface area contributed by atoms with Crippen LogP contribution in [-0.2, 0) is 9.53 Å². The first-order valence-electron chi connectivity index (χ1n) is 5.35. The van der Waals surface area contributed by atoms with Crippen molar-refractivity contribution >= 4 is 5.91 Å². The zero-order chi connectivity index (χ0) is 9.97. The van der Waals surface area contributed by atoms with Gasteiger partial charge in [0.2, 0.25) is 5.91 Å². The van der Waals surface area contributed by atoms with Gasteiger partial charge in [0.05, 0.1) is 19.3 Å². The molecule has 0 bridgehead atoms. The molecule has 0 spiro atoms. The number of piperidine rings is 1. The fourth-order valence-corrected chi connectivity index (χ4v) is 2.03. The molecule has 0 saturated carbocycles. The maximum atomic E-state index is 11.1. The summed E-state index contributed by atoms with van der Waals surface area (Å²) in [7, 11) is 0. The number of carbonyl (C=O) groups is 1. The van der Waals surface area contributed by atoms with E-state index in [0.717, 1.165) is 39.1 Å². The van der Waals surface area contributed by atoms with E-state index in [1.54, 1.807) is 6.92 Å². The van der Waals surface area contributed by atoms with Crippen LogP contribution in [-0.4, -0.2) is 49.2 Å². The summed E-state index contributed by atoms with van der Waals surface area (Å²) in [6, 6.07) is 1.14. The molecule has 2 saturated heterocycles. The lowest BCUT2D eigenvalue weighted by molar-refractivity contribution is -0.130. The van der Waals surface area contributed by atoms with Crippen molar-refractivity contribution in [1.82, 2.24) is 10.2 Å². The highest BCUT2D eigenvalue weighted by molar-refractivity contribution is 5.73. The smallest absolute Gasteiger partial charge is 0.219 e. The van der Waals surface area contributed by atoms with Crippen molar-refractivity contribution < 1.29 is 9.53 Å². The zero-order valence-electron chi connectivity index (χ0n) is 8.66. The molecule has 0 aromatic heterocycles. The van der Waals surface area contributed by atoms with Crippen LogP contribution in [0.5, 0.6) is 0 Å². The number of likely N-dealkylation sites (tertiary alicyclic amines) is 1. The Morgan fingerprint density at radius 3 is 2.36 bits per heavy atom. The third-order valence-electron chi connectivity index (χ3n) is 3.05. The molecule has 2 aliphatic heterocycles. The molecule has 1 N–H and O–H groups in total. The van der Waals surface area contributed by atoms with Gasteiger partial charge in [-0.25, -0.2) is 0 Å². The summed E-state index contributed by atoms with van der Waals surface area (Å²) >= 11 is 0. The Labute approximate surface area is 84.6 Å². The molecular weight excluding hydrogens is 180 g/mol. The molecule has 14 heavy (non-hydrogen) atoms. The second kappa shape index (κ2) is 4.28. The van der Waals surface area contributed by atoms with E-state index in [0.29, 0.717) is 12.1 Å². The Kier molecular flexibility index (Phi) is 3.03. The number of nitrogens with one attached hydrogen (secondary N) is 1. The van der Waals surface area contributed by atoms with E-state index < -0.39 is 0 Å². The van der Waals surface area contributed by atoms with E-state index >= 15 is 0 Å². The Bertz CT molecular complexity index is 208. The maximum absolute atomic E-state index is 11.1. The fourth-order valence-electron chi connectivity index (χ4n) is 2.03. The van der Waals surface area contributed by atoms with Crippen molar-refractivity contribution in [2.75, 3.05) is 26.3 Å². The highest BCUT2D eigenvalue weighted by atomic mass is 16.5. The number of rotatable bonds is 2.